The van der Waals surface area contributed by atoms with Crippen LogP contribution in [0, 0.1) is 5.92 Å². The van der Waals surface area contributed by atoms with Gasteiger partial charge in [0.2, 0.25) is 5.91 Å². The molecule has 0 aliphatic heterocycles. The van der Waals surface area contributed by atoms with Crippen LogP contribution in [0.15, 0.2) is 112 Å². The first-order valence-corrected chi connectivity index (χ1v) is 15.5. The molecule has 0 radical (unpaired) electrons. The van der Waals surface area contributed by atoms with Gasteiger partial charge in [0.1, 0.15) is 5.75 Å². The summed E-state index contributed by atoms with van der Waals surface area (Å²) in [6.45, 7) is 0. The van der Waals surface area contributed by atoms with E-state index in [9.17, 15) is 26.4 Å². The van der Waals surface area contributed by atoms with Crippen molar-refractivity contribution in [1.82, 2.24) is 4.72 Å². The zero-order valence-electron chi connectivity index (χ0n) is 21.5. The van der Waals surface area contributed by atoms with E-state index < -0.39 is 25.8 Å². The van der Waals surface area contributed by atoms with Gasteiger partial charge >= 0.3 is 0 Å². The van der Waals surface area contributed by atoms with Gasteiger partial charge < -0.3 is 4.74 Å². The number of carbonyl (C=O) groups excluding carboxylic acids is 2. The molecule has 0 saturated heterocycles. The number of ether oxygens (including phenoxy) is 1. The maximum absolute atomic E-state index is 12.5. The van der Waals surface area contributed by atoms with Gasteiger partial charge in [-0.3, -0.25) is 9.59 Å². The average Bonchev–Trinajstić information content (AvgIpc) is 3.27. The summed E-state index contributed by atoms with van der Waals surface area (Å²) in [6, 6.07) is 13.9. The Morgan fingerprint density at radius 2 is 1.67 bits per heavy atom. The van der Waals surface area contributed by atoms with Gasteiger partial charge in [0.15, 0.2) is 15.6 Å². The Bertz CT molecular complexity index is 1490. The highest BCUT2D eigenvalue weighted by molar-refractivity contribution is 7.91. The molecule has 2 aromatic carbocycles. The van der Waals surface area contributed by atoms with E-state index in [2.05, 4.69) is 4.72 Å². The minimum atomic E-state index is -3.87. The molecule has 0 fully saturated rings. The molecular formula is C29H31NO7S2. The van der Waals surface area contributed by atoms with Crippen LogP contribution in [0.4, 0.5) is 0 Å². The number of rotatable bonds is 13. The van der Waals surface area contributed by atoms with Crippen molar-refractivity contribution in [3.05, 3.63) is 103 Å². The number of allylic oxidation sites excluding steroid dienone is 7. The monoisotopic (exact) mass is 569 g/mol. The standard InChI is InChI=1S/C29H31NO7S2/c1-37-24-17-19-25(20-18-24)38(33,34)22-10-9-14-27-23(16-21-28(27)31)11-5-2-3-8-15-29(32)30-39(35,36)26-12-6-4-7-13-26/h2,4-7,9-10,12-14,16-21,23H,3,8,11,15,22H2,1H3,(H,30,32)/b5-2-,10-9+,27-14+. The van der Waals surface area contributed by atoms with E-state index in [1.165, 1.54) is 43.5 Å². The third-order valence-electron chi connectivity index (χ3n) is 5.94. The summed E-state index contributed by atoms with van der Waals surface area (Å²) in [5, 5.41) is 0. The first kappa shape index (κ1) is 29.8. The van der Waals surface area contributed by atoms with E-state index in [-0.39, 0.29) is 33.7 Å². The molecule has 1 amide bonds. The number of benzene rings is 2. The van der Waals surface area contributed by atoms with E-state index in [1.54, 1.807) is 42.5 Å². The molecule has 0 aromatic heterocycles. The zero-order chi connectivity index (χ0) is 28.3. The SMILES string of the molecule is COc1ccc(S(=O)(=O)C/C=C/C=C2/C(=O)C=CC2C/C=C\CCCC(=O)NS(=O)(=O)c2ccccc2)cc1. The maximum atomic E-state index is 12.5. The zero-order valence-corrected chi connectivity index (χ0v) is 23.2. The second-order valence-corrected chi connectivity index (χ2v) is 12.5. The summed E-state index contributed by atoms with van der Waals surface area (Å²) in [4.78, 5) is 24.5. The number of ketones is 1. The third-order valence-corrected chi connectivity index (χ3v) is 8.95. The molecule has 1 aliphatic carbocycles. The summed E-state index contributed by atoms with van der Waals surface area (Å²) in [7, 11) is -5.87. The molecule has 1 unspecified atom stereocenters. The summed E-state index contributed by atoms with van der Waals surface area (Å²) in [5.41, 5.74) is 0.572. The normalized spacial score (nSPS) is 16.9. The molecular weight excluding hydrogens is 538 g/mol. The van der Waals surface area contributed by atoms with Crippen LogP contribution < -0.4 is 9.46 Å². The highest BCUT2D eigenvalue weighted by atomic mass is 32.2. The van der Waals surface area contributed by atoms with Crippen molar-refractivity contribution >= 4 is 31.6 Å². The Kier molecular flexibility index (Phi) is 10.6. The summed E-state index contributed by atoms with van der Waals surface area (Å²) in [6.07, 6.45) is 13.5. The van der Waals surface area contributed by atoms with Gasteiger partial charge in [0.25, 0.3) is 10.0 Å². The van der Waals surface area contributed by atoms with Crippen molar-refractivity contribution in [1.29, 1.82) is 0 Å². The molecule has 8 nitrogen and oxygen atoms in total. The van der Waals surface area contributed by atoms with Gasteiger partial charge in [0.05, 0.1) is 22.7 Å². The Labute approximate surface area is 229 Å². The predicted molar refractivity (Wildman–Crippen MR) is 149 cm³/mol. The summed E-state index contributed by atoms with van der Waals surface area (Å²) in [5.74, 6) is -0.442. The lowest BCUT2D eigenvalue weighted by Crippen LogP contribution is -2.30. The Balaban J connectivity index is 1.44. The fourth-order valence-corrected chi connectivity index (χ4v) is 5.97. The number of methoxy groups -OCH3 is 1. The number of sulfone groups is 1. The van der Waals surface area contributed by atoms with Crippen LogP contribution in [0.25, 0.3) is 0 Å². The molecule has 3 rings (SSSR count). The Hall–Kier alpha value is -3.76. The van der Waals surface area contributed by atoms with Crippen LogP contribution >= 0.6 is 0 Å². The second kappa shape index (κ2) is 13.9. The van der Waals surface area contributed by atoms with Gasteiger partial charge in [-0.2, -0.15) is 0 Å². The lowest BCUT2D eigenvalue weighted by Gasteiger charge is -2.07. The number of unbranched alkanes of at least 4 members (excludes halogenated alkanes) is 1. The largest absolute Gasteiger partial charge is 0.497 e. The highest BCUT2D eigenvalue weighted by Gasteiger charge is 2.21. The maximum Gasteiger partial charge on any atom is 0.264 e. The first-order chi connectivity index (χ1) is 18.6. The van der Waals surface area contributed by atoms with Gasteiger partial charge in [-0.05, 0) is 61.7 Å². The number of carbonyl (C=O) groups is 2. The van der Waals surface area contributed by atoms with Crippen molar-refractivity contribution in [2.75, 3.05) is 12.9 Å². The molecule has 2 aromatic rings. The number of sulfonamides is 1. The smallest absolute Gasteiger partial charge is 0.264 e. The molecule has 1 N–H and O–H groups in total. The molecule has 39 heavy (non-hydrogen) atoms. The van der Waals surface area contributed by atoms with E-state index >= 15 is 0 Å². The fraction of sp³-hybridized carbons (Fsp3) is 0.241. The Morgan fingerprint density at radius 1 is 0.949 bits per heavy atom. The summed E-state index contributed by atoms with van der Waals surface area (Å²) >= 11 is 0. The van der Waals surface area contributed by atoms with Gasteiger partial charge in [-0.1, -0.05) is 54.7 Å². The number of nitrogens with one attached hydrogen (secondary N) is 1. The first-order valence-electron chi connectivity index (χ1n) is 12.3. The van der Waals surface area contributed by atoms with Crippen LogP contribution in [0.1, 0.15) is 25.7 Å². The number of hydrogen-bond donors (Lipinski definition) is 1. The van der Waals surface area contributed by atoms with Crippen molar-refractivity contribution < 1.29 is 31.2 Å². The molecule has 10 heteroatoms. The van der Waals surface area contributed by atoms with Gasteiger partial charge in [-0.25, -0.2) is 21.6 Å². The number of amides is 1. The van der Waals surface area contributed by atoms with E-state index in [0.29, 0.717) is 30.6 Å². The summed E-state index contributed by atoms with van der Waals surface area (Å²) < 4.78 is 56.5. The van der Waals surface area contributed by atoms with Crippen LogP contribution in [0.3, 0.4) is 0 Å². The minimum absolute atomic E-state index is 0.0370. The lowest BCUT2D eigenvalue weighted by molar-refractivity contribution is -0.119. The van der Waals surface area contributed by atoms with Crippen LogP contribution in [-0.4, -0.2) is 41.4 Å². The van der Waals surface area contributed by atoms with Crippen molar-refractivity contribution in [3.8, 4) is 5.75 Å². The van der Waals surface area contributed by atoms with Crippen LogP contribution in [0.5, 0.6) is 5.75 Å². The molecule has 0 saturated carbocycles. The van der Waals surface area contributed by atoms with Gasteiger partial charge in [0, 0.05) is 17.9 Å². The van der Waals surface area contributed by atoms with E-state index in [0.717, 1.165) is 0 Å². The minimum Gasteiger partial charge on any atom is -0.497 e. The molecule has 1 aliphatic rings. The van der Waals surface area contributed by atoms with Crippen molar-refractivity contribution in [3.63, 3.8) is 0 Å². The van der Waals surface area contributed by atoms with Crippen molar-refractivity contribution in [2.24, 2.45) is 5.92 Å². The quantitative estimate of drug-likeness (QED) is 0.216. The highest BCUT2D eigenvalue weighted by Crippen LogP contribution is 2.25. The fourth-order valence-electron chi connectivity index (χ4n) is 3.83. The number of hydrogen-bond acceptors (Lipinski definition) is 7. The second-order valence-electron chi connectivity index (χ2n) is 8.78. The average molecular weight is 570 g/mol. The molecule has 1 atom stereocenters. The van der Waals surface area contributed by atoms with Gasteiger partial charge in [-0.15, -0.1) is 0 Å². The topological polar surface area (TPSA) is 124 Å². The molecule has 0 bridgehead atoms. The molecule has 0 spiro atoms. The lowest BCUT2D eigenvalue weighted by atomic mass is 9.97. The van der Waals surface area contributed by atoms with E-state index in [1.807, 2.05) is 18.2 Å². The third kappa shape index (κ3) is 8.90. The molecule has 0 heterocycles. The van der Waals surface area contributed by atoms with E-state index in [4.69, 9.17) is 4.74 Å². The Morgan fingerprint density at radius 3 is 2.36 bits per heavy atom. The van der Waals surface area contributed by atoms with Crippen LogP contribution in [-0.2, 0) is 29.4 Å². The predicted octanol–water partition coefficient (Wildman–Crippen LogP) is 4.33. The van der Waals surface area contributed by atoms with Crippen LogP contribution in [0.2, 0.25) is 0 Å². The van der Waals surface area contributed by atoms with Crippen molar-refractivity contribution in [2.45, 2.75) is 35.5 Å². The molecule has 206 valence electrons.